The second kappa shape index (κ2) is 3.05. The van der Waals surface area contributed by atoms with Crippen molar-refractivity contribution in [3.8, 4) is 0 Å². The normalized spacial score (nSPS) is 27.5. The highest BCUT2D eigenvalue weighted by Crippen LogP contribution is 2.67. The summed E-state index contributed by atoms with van der Waals surface area (Å²) in [7, 11) is 1.44. The lowest BCUT2D eigenvalue weighted by Crippen LogP contribution is -2.18. The topological polar surface area (TPSA) is 44.1 Å². The van der Waals surface area contributed by atoms with Crippen molar-refractivity contribution >= 4 is 5.97 Å². The Balaban J connectivity index is 2.11. The molecule has 0 spiro atoms. The Morgan fingerprint density at radius 2 is 2.35 bits per heavy atom. The summed E-state index contributed by atoms with van der Waals surface area (Å²) in [5, 5.41) is 3.89. The minimum Gasteiger partial charge on any atom is -0.461 e. The summed E-state index contributed by atoms with van der Waals surface area (Å²) in [4.78, 5) is 11.6. The lowest BCUT2D eigenvalue weighted by Gasteiger charge is -2.12. The van der Waals surface area contributed by atoms with E-state index >= 15 is 0 Å². The highest BCUT2D eigenvalue weighted by atomic mass is 19.3. The number of esters is 1. The zero-order chi connectivity index (χ0) is 12.4. The average Bonchev–Trinajstić information content (AvgIpc) is 2.91. The number of carbonyl (C=O) groups is 1. The van der Waals surface area contributed by atoms with Gasteiger partial charge in [0.05, 0.1) is 6.61 Å². The lowest BCUT2D eigenvalue weighted by molar-refractivity contribution is -0.0302. The molecule has 2 aliphatic carbocycles. The van der Waals surface area contributed by atoms with Gasteiger partial charge < -0.3 is 4.74 Å². The molecule has 92 valence electrons. The van der Waals surface area contributed by atoms with E-state index in [1.165, 1.54) is 7.05 Å². The third kappa shape index (κ3) is 1.21. The van der Waals surface area contributed by atoms with E-state index in [9.17, 15) is 13.6 Å². The van der Waals surface area contributed by atoms with Gasteiger partial charge in [-0.05, 0) is 19.3 Å². The molecule has 0 aromatic carbocycles. The summed E-state index contributed by atoms with van der Waals surface area (Å²) in [6.45, 7) is 1.89. The van der Waals surface area contributed by atoms with E-state index in [1.54, 1.807) is 6.92 Å². The molecule has 4 nitrogen and oxygen atoms in total. The van der Waals surface area contributed by atoms with Crippen LogP contribution in [0.25, 0.3) is 0 Å². The SMILES string of the molecule is CCOC(=O)c1nn(C)c2c1[C@H]1C[C@H]1C2(F)F. The second-order valence-electron chi connectivity index (χ2n) is 4.53. The molecule has 0 bridgehead atoms. The Hall–Kier alpha value is -1.46. The summed E-state index contributed by atoms with van der Waals surface area (Å²) < 4.78 is 33.7. The molecule has 6 heteroatoms. The first-order valence-corrected chi connectivity index (χ1v) is 5.60. The van der Waals surface area contributed by atoms with Crippen molar-refractivity contribution in [2.24, 2.45) is 13.0 Å². The van der Waals surface area contributed by atoms with Crippen molar-refractivity contribution in [2.75, 3.05) is 6.61 Å². The van der Waals surface area contributed by atoms with Crippen molar-refractivity contribution < 1.29 is 18.3 Å². The molecule has 1 aromatic heterocycles. The van der Waals surface area contributed by atoms with Crippen molar-refractivity contribution in [3.05, 3.63) is 17.0 Å². The Bertz CT molecular complexity index is 510. The van der Waals surface area contributed by atoms with Crippen LogP contribution in [-0.4, -0.2) is 22.4 Å². The number of aryl methyl sites for hydroxylation is 1. The smallest absolute Gasteiger partial charge is 0.359 e. The van der Waals surface area contributed by atoms with Gasteiger partial charge in [-0.1, -0.05) is 0 Å². The van der Waals surface area contributed by atoms with Gasteiger partial charge in [0, 0.05) is 18.5 Å². The highest BCUT2D eigenvalue weighted by molar-refractivity contribution is 5.90. The molecule has 1 heterocycles. The van der Waals surface area contributed by atoms with Crippen molar-refractivity contribution in [3.63, 3.8) is 0 Å². The molecule has 1 aromatic rings. The third-order valence-electron chi connectivity index (χ3n) is 3.50. The standard InChI is InChI=1S/C11H12F2N2O2/c1-3-17-10(16)8-7-5-4-6(5)11(12,13)9(7)15(2)14-8/h5-6H,3-4H2,1-2H3/t5-,6+/m0/s1. The summed E-state index contributed by atoms with van der Waals surface area (Å²) in [5.41, 5.74) is 0.358. The van der Waals surface area contributed by atoms with Crippen LogP contribution in [0.2, 0.25) is 0 Å². The van der Waals surface area contributed by atoms with Crippen LogP contribution < -0.4 is 0 Å². The number of halogens is 2. The second-order valence-corrected chi connectivity index (χ2v) is 4.53. The molecular formula is C11H12F2N2O2. The number of hydrogen-bond acceptors (Lipinski definition) is 3. The summed E-state index contributed by atoms with van der Waals surface area (Å²) in [6.07, 6.45) is 0.443. The first-order chi connectivity index (χ1) is 7.98. The van der Waals surface area contributed by atoms with Crippen LogP contribution in [-0.2, 0) is 17.7 Å². The molecule has 0 N–H and O–H groups in total. The Kier molecular flexibility index (Phi) is 1.92. The monoisotopic (exact) mass is 242 g/mol. The first kappa shape index (κ1) is 10.7. The van der Waals surface area contributed by atoms with E-state index in [0.717, 1.165) is 4.68 Å². The van der Waals surface area contributed by atoms with Crippen LogP contribution in [0.15, 0.2) is 0 Å². The summed E-state index contributed by atoms with van der Waals surface area (Å²) >= 11 is 0. The zero-order valence-corrected chi connectivity index (χ0v) is 9.54. The Labute approximate surface area is 96.6 Å². The highest BCUT2D eigenvalue weighted by Gasteiger charge is 2.67. The molecule has 0 aliphatic heterocycles. The number of fused-ring (bicyclic) bond motifs is 3. The van der Waals surface area contributed by atoms with Gasteiger partial charge >= 0.3 is 5.97 Å². The van der Waals surface area contributed by atoms with Crippen LogP contribution in [0.5, 0.6) is 0 Å². The number of aromatic nitrogens is 2. The van der Waals surface area contributed by atoms with E-state index in [4.69, 9.17) is 4.74 Å². The number of rotatable bonds is 2. The molecule has 1 saturated carbocycles. The van der Waals surface area contributed by atoms with Crippen LogP contribution in [0.4, 0.5) is 8.78 Å². The summed E-state index contributed by atoms with van der Waals surface area (Å²) in [5.74, 6) is -4.32. The molecule has 0 radical (unpaired) electrons. The van der Waals surface area contributed by atoms with E-state index in [2.05, 4.69) is 5.10 Å². The van der Waals surface area contributed by atoms with Gasteiger partial charge in [-0.25, -0.2) is 4.79 Å². The quantitative estimate of drug-likeness (QED) is 0.743. The number of carbonyl (C=O) groups excluding carboxylic acids is 1. The van der Waals surface area contributed by atoms with Crippen LogP contribution >= 0.6 is 0 Å². The molecule has 0 amide bonds. The molecule has 17 heavy (non-hydrogen) atoms. The van der Waals surface area contributed by atoms with Gasteiger partial charge in [0.2, 0.25) is 0 Å². The fraction of sp³-hybridized carbons (Fsp3) is 0.636. The van der Waals surface area contributed by atoms with Crippen molar-refractivity contribution in [1.82, 2.24) is 9.78 Å². The van der Waals surface area contributed by atoms with Crippen molar-refractivity contribution in [1.29, 1.82) is 0 Å². The van der Waals surface area contributed by atoms with Gasteiger partial charge in [-0.2, -0.15) is 13.9 Å². The molecule has 2 aliphatic rings. The zero-order valence-electron chi connectivity index (χ0n) is 9.54. The maximum absolute atomic E-state index is 13.9. The van der Waals surface area contributed by atoms with E-state index in [1.807, 2.05) is 0 Å². The maximum Gasteiger partial charge on any atom is 0.359 e. The molecule has 3 rings (SSSR count). The number of nitrogens with zero attached hydrogens (tertiary/aromatic N) is 2. The Morgan fingerprint density at radius 1 is 1.65 bits per heavy atom. The van der Waals surface area contributed by atoms with Gasteiger partial charge in [0.1, 0.15) is 5.69 Å². The Morgan fingerprint density at radius 3 is 3.00 bits per heavy atom. The molecule has 0 saturated heterocycles. The number of ether oxygens (including phenoxy) is 1. The maximum atomic E-state index is 13.9. The minimum atomic E-state index is -2.85. The van der Waals surface area contributed by atoms with Gasteiger partial charge in [0.15, 0.2) is 5.69 Å². The summed E-state index contributed by atoms with van der Waals surface area (Å²) in [6, 6.07) is 0. The van der Waals surface area contributed by atoms with Crippen LogP contribution in [0, 0.1) is 5.92 Å². The molecular weight excluding hydrogens is 230 g/mol. The minimum absolute atomic E-state index is 0.0639. The predicted octanol–water partition coefficient (Wildman–Crippen LogP) is 1.81. The predicted molar refractivity (Wildman–Crippen MR) is 53.9 cm³/mol. The van der Waals surface area contributed by atoms with E-state index < -0.39 is 17.8 Å². The average molecular weight is 242 g/mol. The van der Waals surface area contributed by atoms with Gasteiger partial charge in [-0.3, -0.25) is 4.68 Å². The number of hydrogen-bond donors (Lipinski definition) is 0. The molecule has 0 unspecified atom stereocenters. The fourth-order valence-corrected chi connectivity index (χ4v) is 2.73. The third-order valence-corrected chi connectivity index (χ3v) is 3.50. The fourth-order valence-electron chi connectivity index (χ4n) is 2.73. The van der Waals surface area contributed by atoms with Crippen LogP contribution in [0.1, 0.15) is 41.0 Å². The first-order valence-electron chi connectivity index (χ1n) is 5.60. The number of alkyl halides is 2. The molecule has 2 atom stereocenters. The van der Waals surface area contributed by atoms with Crippen LogP contribution in [0.3, 0.4) is 0 Å². The van der Waals surface area contributed by atoms with E-state index in [0.29, 0.717) is 12.0 Å². The van der Waals surface area contributed by atoms with Gasteiger partial charge in [0.25, 0.3) is 5.92 Å². The lowest BCUT2D eigenvalue weighted by atomic mass is 10.1. The largest absolute Gasteiger partial charge is 0.461 e. The van der Waals surface area contributed by atoms with E-state index in [-0.39, 0.29) is 23.9 Å². The molecule has 1 fully saturated rings. The van der Waals surface area contributed by atoms with Crippen molar-refractivity contribution in [2.45, 2.75) is 25.2 Å². The van der Waals surface area contributed by atoms with Gasteiger partial charge in [-0.15, -0.1) is 0 Å².